The molecule has 0 unspecified atom stereocenters. The van der Waals surface area contributed by atoms with Crippen LogP contribution in [0.4, 0.5) is 31.5 Å². The van der Waals surface area contributed by atoms with Gasteiger partial charge < -0.3 is 18.9 Å². The molecule has 0 N–H and O–H groups in total. The highest BCUT2D eigenvalue weighted by Gasteiger charge is 2.12. The van der Waals surface area contributed by atoms with Crippen LogP contribution in [0.15, 0.2) is 154 Å². The zero-order valence-electron chi connectivity index (χ0n) is 41.1. The lowest BCUT2D eigenvalue weighted by atomic mass is 10.0. The van der Waals surface area contributed by atoms with Crippen molar-refractivity contribution in [1.82, 2.24) is 0 Å². The molecule has 12 heteroatoms. The van der Waals surface area contributed by atoms with Crippen LogP contribution in [0.1, 0.15) is 148 Å². The molecule has 0 atom stereocenters. The summed E-state index contributed by atoms with van der Waals surface area (Å²) in [7, 11) is 0. The quantitative estimate of drug-likeness (QED) is 0.0192. The molecule has 0 amide bonds. The van der Waals surface area contributed by atoms with E-state index in [1.807, 2.05) is 0 Å². The summed E-state index contributed by atoms with van der Waals surface area (Å²) in [5.74, 6) is -0.110. The second-order valence-electron chi connectivity index (χ2n) is 17.6. The number of carbonyl (C=O) groups is 2. The topological polar surface area (TPSA) is 121 Å². The average molecular weight is 965 g/mol. The summed E-state index contributed by atoms with van der Waals surface area (Å²) >= 11 is 0. The fourth-order valence-electron chi connectivity index (χ4n) is 7.66. The minimum absolute atomic E-state index is 0.0301. The molecule has 0 aliphatic heterocycles. The predicted octanol–water partition coefficient (Wildman–Crippen LogP) is 17.9. The Morgan fingerprint density at radius 1 is 0.394 bits per heavy atom. The van der Waals surface area contributed by atoms with Crippen LogP contribution in [-0.4, -0.2) is 25.2 Å². The van der Waals surface area contributed by atoms with Crippen molar-refractivity contribution < 1.29 is 37.3 Å². The molecule has 0 saturated carbocycles. The van der Waals surface area contributed by atoms with Gasteiger partial charge in [0.2, 0.25) is 0 Å². The lowest BCUT2D eigenvalue weighted by molar-refractivity contribution is 0.0725. The molecule has 71 heavy (non-hydrogen) atoms. The van der Waals surface area contributed by atoms with Crippen molar-refractivity contribution in [3.05, 3.63) is 167 Å². The molecule has 0 aliphatic rings. The minimum Gasteiger partial charge on any atom is -0.494 e. The zero-order valence-corrected chi connectivity index (χ0v) is 41.1. The molecule has 0 aromatic heterocycles. The van der Waals surface area contributed by atoms with Crippen LogP contribution in [-0.2, 0) is 6.42 Å². The molecule has 0 radical (unpaired) electrons. The minimum atomic E-state index is -0.586. The Morgan fingerprint density at radius 3 is 1.08 bits per heavy atom. The van der Waals surface area contributed by atoms with Crippen LogP contribution in [0.3, 0.4) is 0 Å². The third-order valence-electron chi connectivity index (χ3n) is 11.8. The fraction of sp³-hybridized carbons (Fsp3) is 0.356. The normalized spacial score (nSPS) is 11.3. The first-order valence-corrected chi connectivity index (χ1v) is 25.3. The number of rotatable bonds is 30. The standard InChI is InChI=1S/C59H66F2N4O6/c1-3-5-7-9-11-13-15-17-39-68-50-29-21-46(22-30-50)58(66)70-52-33-25-48(26-34-52)62-64-56-37-19-44(42-54(56)60)41-45-20-38-57(55(61)43-45)65-63-49-27-35-53(36-28-49)71-59(67)47-23-31-51(32-24-47)69-40-18-16-14-12-10-8-6-4-2/h19-38,42-43H,3-18,39-41H2,1-2H3. The molecular formula is C59H66F2N4O6. The van der Waals surface area contributed by atoms with Crippen LogP contribution >= 0.6 is 0 Å². The number of esters is 2. The summed E-state index contributed by atoms with van der Waals surface area (Å²) in [6, 6.07) is 35.7. The largest absolute Gasteiger partial charge is 0.494 e. The Labute approximate surface area is 417 Å². The van der Waals surface area contributed by atoms with Crippen molar-refractivity contribution in [2.75, 3.05) is 13.2 Å². The smallest absolute Gasteiger partial charge is 0.343 e. The van der Waals surface area contributed by atoms with Gasteiger partial charge in [0.25, 0.3) is 0 Å². The second kappa shape index (κ2) is 29.8. The van der Waals surface area contributed by atoms with E-state index in [-0.39, 0.29) is 17.8 Å². The third-order valence-corrected chi connectivity index (χ3v) is 11.8. The second-order valence-corrected chi connectivity index (χ2v) is 17.6. The summed E-state index contributed by atoms with van der Waals surface area (Å²) < 4.78 is 53.0. The highest BCUT2D eigenvalue weighted by Crippen LogP contribution is 2.28. The van der Waals surface area contributed by atoms with Gasteiger partial charge in [-0.25, -0.2) is 18.4 Å². The number of nitrogens with zero attached hydrogens (tertiary/aromatic N) is 4. The number of unbranched alkanes of at least 4 members (excludes halogenated alkanes) is 14. The van der Waals surface area contributed by atoms with Gasteiger partial charge in [-0.1, -0.05) is 116 Å². The number of hydrogen-bond donors (Lipinski definition) is 0. The Hall–Kier alpha value is -7.08. The van der Waals surface area contributed by atoms with E-state index >= 15 is 8.78 Å². The molecule has 0 heterocycles. The average Bonchev–Trinajstić information content (AvgIpc) is 3.38. The van der Waals surface area contributed by atoms with E-state index in [1.165, 1.54) is 101 Å². The van der Waals surface area contributed by atoms with Gasteiger partial charge in [-0.3, -0.25) is 0 Å². The van der Waals surface area contributed by atoms with Crippen LogP contribution in [0.2, 0.25) is 0 Å². The molecule has 10 nitrogen and oxygen atoms in total. The van der Waals surface area contributed by atoms with E-state index < -0.39 is 23.6 Å². The highest BCUT2D eigenvalue weighted by atomic mass is 19.1. The van der Waals surface area contributed by atoms with E-state index in [0.717, 1.165) is 25.7 Å². The third kappa shape index (κ3) is 19.0. The first-order chi connectivity index (χ1) is 34.8. The summed E-state index contributed by atoms with van der Waals surface area (Å²) in [6.07, 6.45) is 20.0. The van der Waals surface area contributed by atoms with Gasteiger partial charge >= 0.3 is 11.9 Å². The number of hydrogen-bond acceptors (Lipinski definition) is 10. The summed E-state index contributed by atoms with van der Waals surface area (Å²) in [4.78, 5) is 25.5. The van der Waals surface area contributed by atoms with Crippen molar-refractivity contribution in [3.63, 3.8) is 0 Å². The Bertz CT molecular complexity index is 2420. The number of carbonyl (C=O) groups excluding carboxylic acids is 2. The van der Waals surface area contributed by atoms with Crippen LogP contribution < -0.4 is 18.9 Å². The van der Waals surface area contributed by atoms with Gasteiger partial charge in [-0.2, -0.15) is 10.2 Å². The summed E-state index contributed by atoms with van der Waals surface area (Å²) in [5.41, 5.74) is 2.94. The van der Waals surface area contributed by atoms with Crippen LogP contribution in [0, 0.1) is 11.6 Å². The molecule has 0 aliphatic carbocycles. The Morgan fingerprint density at radius 2 is 0.732 bits per heavy atom. The number of ether oxygens (including phenoxy) is 4. The fourth-order valence-corrected chi connectivity index (χ4v) is 7.66. The van der Waals surface area contributed by atoms with Gasteiger partial charge in [-0.05, 0) is 152 Å². The molecule has 0 spiro atoms. The predicted molar refractivity (Wildman–Crippen MR) is 276 cm³/mol. The van der Waals surface area contributed by atoms with Crippen molar-refractivity contribution in [1.29, 1.82) is 0 Å². The maximum atomic E-state index is 15.1. The SMILES string of the molecule is CCCCCCCCCCOc1ccc(C(=O)Oc2ccc(N=Nc3ccc(Cc4ccc(N=Nc5ccc(OC(=O)c6ccc(OCCCCCCCCCC)cc6)cc5)c(F)c4)cc3F)cc2)cc1. The summed E-state index contributed by atoms with van der Waals surface area (Å²) in [6.45, 7) is 5.74. The first kappa shape index (κ1) is 53.3. The van der Waals surface area contributed by atoms with E-state index in [9.17, 15) is 9.59 Å². The van der Waals surface area contributed by atoms with Crippen LogP contribution in [0.25, 0.3) is 0 Å². The Balaban J connectivity index is 0.896. The molecule has 6 rings (SSSR count). The zero-order chi connectivity index (χ0) is 49.9. The molecule has 0 fully saturated rings. The van der Waals surface area contributed by atoms with Crippen molar-refractivity contribution in [2.45, 2.75) is 123 Å². The van der Waals surface area contributed by atoms with Gasteiger partial charge in [0.15, 0.2) is 11.6 Å². The van der Waals surface area contributed by atoms with Crippen LogP contribution in [0.5, 0.6) is 23.0 Å². The van der Waals surface area contributed by atoms with Gasteiger partial charge in [-0.15, -0.1) is 10.2 Å². The van der Waals surface area contributed by atoms with Gasteiger partial charge in [0, 0.05) is 0 Å². The number of benzene rings is 6. The molecule has 372 valence electrons. The monoisotopic (exact) mass is 964 g/mol. The van der Waals surface area contributed by atoms with Crippen molar-refractivity contribution in [3.8, 4) is 23.0 Å². The van der Waals surface area contributed by atoms with E-state index in [4.69, 9.17) is 18.9 Å². The van der Waals surface area contributed by atoms with Crippen molar-refractivity contribution in [2.24, 2.45) is 20.5 Å². The van der Waals surface area contributed by atoms with Crippen molar-refractivity contribution >= 4 is 34.7 Å². The number of halogens is 2. The highest BCUT2D eigenvalue weighted by molar-refractivity contribution is 5.91. The van der Waals surface area contributed by atoms with E-state index in [0.29, 0.717) is 69.8 Å². The molecule has 0 bridgehead atoms. The Kier molecular flexibility index (Phi) is 22.4. The lowest BCUT2D eigenvalue weighted by Gasteiger charge is -2.08. The number of azo groups is 2. The molecule has 6 aromatic rings. The first-order valence-electron chi connectivity index (χ1n) is 25.3. The molecule has 6 aromatic carbocycles. The van der Waals surface area contributed by atoms with Gasteiger partial charge in [0.1, 0.15) is 34.4 Å². The summed E-state index contributed by atoms with van der Waals surface area (Å²) in [5, 5.41) is 16.4. The van der Waals surface area contributed by atoms with Gasteiger partial charge in [0.05, 0.1) is 35.7 Å². The maximum absolute atomic E-state index is 15.1. The maximum Gasteiger partial charge on any atom is 0.343 e. The van der Waals surface area contributed by atoms with E-state index in [2.05, 4.69) is 34.3 Å². The lowest BCUT2D eigenvalue weighted by Crippen LogP contribution is -2.08. The molecular weight excluding hydrogens is 899 g/mol. The van der Waals surface area contributed by atoms with E-state index in [1.54, 1.807) is 109 Å². The molecule has 0 saturated heterocycles.